The second kappa shape index (κ2) is 6.20. The van der Waals surface area contributed by atoms with E-state index in [1.54, 1.807) is 18.3 Å². The van der Waals surface area contributed by atoms with Crippen LogP contribution < -0.4 is 0 Å². The smallest absolute Gasteiger partial charge is 0.337 e. The number of methoxy groups -OCH3 is 1. The van der Waals surface area contributed by atoms with Crippen molar-refractivity contribution in [1.29, 1.82) is 0 Å². The molecule has 0 bridgehead atoms. The van der Waals surface area contributed by atoms with Crippen molar-refractivity contribution in [1.82, 2.24) is 15.0 Å². The molecule has 2 heterocycles. The highest BCUT2D eigenvalue weighted by Crippen LogP contribution is 2.25. The zero-order valence-electron chi connectivity index (χ0n) is 13.6. The predicted octanol–water partition coefficient (Wildman–Crippen LogP) is 4.08. The average Bonchev–Trinajstić information content (AvgIpc) is 3.12. The van der Waals surface area contributed by atoms with Crippen molar-refractivity contribution >= 4 is 17.1 Å². The molecule has 5 heteroatoms. The van der Waals surface area contributed by atoms with Gasteiger partial charge in [-0.05, 0) is 35.4 Å². The normalized spacial score (nSPS) is 10.8. The molecule has 1 N–H and O–H groups in total. The molecule has 0 unspecified atom stereocenters. The fourth-order valence-corrected chi connectivity index (χ4v) is 2.72. The lowest BCUT2D eigenvalue weighted by molar-refractivity contribution is 0.0601. The fourth-order valence-electron chi connectivity index (χ4n) is 2.72. The quantitative estimate of drug-likeness (QED) is 0.575. The first-order valence-corrected chi connectivity index (χ1v) is 7.84. The van der Waals surface area contributed by atoms with E-state index in [-0.39, 0.29) is 5.97 Å². The Bertz CT molecular complexity index is 1000. The molecule has 0 spiro atoms. The zero-order valence-corrected chi connectivity index (χ0v) is 13.6. The summed E-state index contributed by atoms with van der Waals surface area (Å²) < 4.78 is 4.72. The first-order chi connectivity index (χ1) is 12.2. The van der Waals surface area contributed by atoms with Crippen LogP contribution in [-0.2, 0) is 4.74 Å². The fraction of sp³-hybridized carbons (Fsp3) is 0.0500. The van der Waals surface area contributed by atoms with Gasteiger partial charge in [0.15, 0.2) is 5.65 Å². The van der Waals surface area contributed by atoms with Gasteiger partial charge in [0.25, 0.3) is 0 Å². The van der Waals surface area contributed by atoms with Gasteiger partial charge in [0.2, 0.25) is 0 Å². The molecule has 0 radical (unpaired) electrons. The topological polar surface area (TPSA) is 67.9 Å². The predicted molar refractivity (Wildman–Crippen MR) is 96.1 cm³/mol. The van der Waals surface area contributed by atoms with Gasteiger partial charge in [-0.15, -0.1) is 0 Å². The van der Waals surface area contributed by atoms with Crippen LogP contribution in [0, 0.1) is 0 Å². The summed E-state index contributed by atoms with van der Waals surface area (Å²) in [5, 5.41) is 0. The Labute approximate surface area is 144 Å². The van der Waals surface area contributed by atoms with Crippen LogP contribution in [0.4, 0.5) is 0 Å². The van der Waals surface area contributed by atoms with Crippen LogP contribution in [0.2, 0.25) is 0 Å². The van der Waals surface area contributed by atoms with E-state index in [1.165, 1.54) is 7.11 Å². The van der Waals surface area contributed by atoms with Crippen LogP contribution in [0.15, 0.2) is 66.9 Å². The van der Waals surface area contributed by atoms with Crippen molar-refractivity contribution in [2.45, 2.75) is 0 Å². The van der Waals surface area contributed by atoms with Gasteiger partial charge in [-0.1, -0.05) is 36.4 Å². The third kappa shape index (κ3) is 2.87. The van der Waals surface area contributed by atoms with Crippen molar-refractivity contribution in [2.75, 3.05) is 7.11 Å². The van der Waals surface area contributed by atoms with Crippen LogP contribution in [0.1, 0.15) is 10.4 Å². The minimum absolute atomic E-state index is 0.333. The number of esters is 1. The molecule has 25 heavy (non-hydrogen) atoms. The molecule has 0 saturated carbocycles. The number of rotatable bonds is 3. The second-order valence-corrected chi connectivity index (χ2v) is 5.61. The SMILES string of the molecule is COC(=O)c1ccc(-c2ccc(-c3nc4ncccc4[nH]3)cc2)cc1. The summed E-state index contributed by atoms with van der Waals surface area (Å²) in [4.78, 5) is 23.5. The molecule has 2 aromatic carbocycles. The van der Waals surface area contributed by atoms with Gasteiger partial charge >= 0.3 is 5.97 Å². The van der Waals surface area contributed by atoms with E-state index in [0.717, 1.165) is 28.0 Å². The Morgan fingerprint density at radius 1 is 0.920 bits per heavy atom. The van der Waals surface area contributed by atoms with Gasteiger partial charge in [0.1, 0.15) is 5.82 Å². The number of hydrogen-bond acceptors (Lipinski definition) is 4. The van der Waals surface area contributed by atoms with E-state index in [0.29, 0.717) is 11.2 Å². The van der Waals surface area contributed by atoms with Gasteiger partial charge in [-0.25, -0.2) is 14.8 Å². The number of pyridine rings is 1. The van der Waals surface area contributed by atoms with E-state index in [9.17, 15) is 4.79 Å². The second-order valence-electron chi connectivity index (χ2n) is 5.61. The van der Waals surface area contributed by atoms with Gasteiger partial charge in [0.05, 0.1) is 18.2 Å². The number of nitrogens with one attached hydrogen (secondary N) is 1. The maximum atomic E-state index is 11.5. The number of carbonyl (C=O) groups excluding carboxylic acids is 1. The van der Waals surface area contributed by atoms with E-state index < -0.39 is 0 Å². The van der Waals surface area contributed by atoms with Crippen LogP contribution >= 0.6 is 0 Å². The highest BCUT2D eigenvalue weighted by molar-refractivity contribution is 5.90. The van der Waals surface area contributed by atoms with E-state index in [2.05, 4.69) is 15.0 Å². The molecule has 0 aliphatic carbocycles. The van der Waals surface area contributed by atoms with Crippen molar-refractivity contribution in [3.8, 4) is 22.5 Å². The number of aromatic amines is 1. The molecule has 4 aromatic rings. The van der Waals surface area contributed by atoms with Crippen LogP contribution in [0.3, 0.4) is 0 Å². The zero-order chi connectivity index (χ0) is 17.2. The molecule has 0 atom stereocenters. The Kier molecular flexibility index (Phi) is 3.74. The third-order valence-corrected chi connectivity index (χ3v) is 4.06. The van der Waals surface area contributed by atoms with Crippen LogP contribution in [-0.4, -0.2) is 28.0 Å². The van der Waals surface area contributed by atoms with E-state index >= 15 is 0 Å². The first kappa shape index (κ1) is 15.1. The van der Waals surface area contributed by atoms with Gasteiger partial charge < -0.3 is 9.72 Å². The molecular weight excluding hydrogens is 314 g/mol. The molecule has 0 fully saturated rings. The summed E-state index contributed by atoms with van der Waals surface area (Å²) in [5.41, 5.74) is 5.26. The number of nitrogens with zero attached hydrogens (tertiary/aromatic N) is 2. The lowest BCUT2D eigenvalue weighted by Crippen LogP contribution is -2.00. The number of hydrogen-bond donors (Lipinski definition) is 1. The summed E-state index contributed by atoms with van der Waals surface area (Å²) in [6.07, 6.45) is 1.73. The van der Waals surface area contributed by atoms with Crippen molar-refractivity contribution in [3.63, 3.8) is 0 Å². The number of carbonyl (C=O) groups is 1. The van der Waals surface area contributed by atoms with Crippen molar-refractivity contribution in [2.24, 2.45) is 0 Å². The maximum Gasteiger partial charge on any atom is 0.337 e. The van der Waals surface area contributed by atoms with Gasteiger partial charge in [0, 0.05) is 11.8 Å². The summed E-state index contributed by atoms with van der Waals surface area (Å²) >= 11 is 0. The minimum atomic E-state index is -0.333. The molecule has 0 aliphatic rings. The molecule has 0 aliphatic heterocycles. The summed E-state index contributed by atoms with van der Waals surface area (Å²) in [6, 6.07) is 19.3. The molecule has 122 valence electrons. The number of fused-ring (bicyclic) bond motifs is 1. The highest BCUT2D eigenvalue weighted by atomic mass is 16.5. The van der Waals surface area contributed by atoms with Crippen LogP contribution in [0.25, 0.3) is 33.7 Å². The largest absolute Gasteiger partial charge is 0.465 e. The summed E-state index contributed by atoms with van der Waals surface area (Å²) in [5.74, 6) is 0.460. The summed E-state index contributed by atoms with van der Waals surface area (Å²) in [7, 11) is 1.38. The number of benzene rings is 2. The Balaban J connectivity index is 1.62. The molecule has 0 amide bonds. The van der Waals surface area contributed by atoms with Crippen molar-refractivity contribution < 1.29 is 9.53 Å². The molecule has 2 aromatic heterocycles. The lowest BCUT2D eigenvalue weighted by Gasteiger charge is -2.04. The molecular formula is C20H15N3O2. The standard InChI is InChI=1S/C20H15N3O2/c1-25-20(24)16-10-6-14(7-11-16)13-4-8-15(9-5-13)18-22-17-3-2-12-21-19(17)23-18/h2-12H,1H3,(H,21,22,23). The van der Waals surface area contributed by atoms with E-state index in [4.69, 9.17) is 4.74 Å². The third-order valence-electron chi connectivity index (χ3n) is 4.06. The first-order valence-electron chi connectivity index (χ1n) is 7.84. The Hall–Kier alpha value is -3.47. The van der Waals surface area contributed by atoms with Gasteiger partial charge in [-0.2, -0.15) is 0 Å². The minimum Gasteiger partial charge on any atom is -0.465 e. The number of H-pyrrole nitrogens is 1. The van der Waals surface area contributed by atoms with Crippen molar-refractivity contribution in [3.05, 3.63) is 72.4 Å². The number of imidazole rings is 1. The lowest BCUT2D eigenvalue weighted by atomic mass is 10.0. The molecule has 0 saturated heterocycles. The number of ether oxygens (including phenoxy) is 1. The van der Waals surface area contributed by atoms with E-state index in [1.807, 2.05) is 48.5 Å². The Morgan fingerprint density at radius 2 is 1.56 bits per heavy atom. The maximum absolute atomic E-state index is 11.5. The number of aromatic nitrogens is 3. The Morgan fingerprint density at radius 3 is 2.20 bits per heavy atom. The monoisotopic (exact) mass is 329 g/mol. The molecule has 4 rings (SSSR count). The van der Waals surface area contributed by atoms with Gasteiger partial charge in [-0.3, -0.25) is 0 Å². The van der Waals surface area contributed by atoms with Crippen LogP contribution in [0.5, 0.6) is 0 Å². The molecule has 5 nitrogen and oxygen atoms in total. The average molecular weight is 329 g/mol. The highest BCUT2D eigenvalue weighted by Gasteiger charge is 2.08. The summed E-state index contributed by atoms with van der Waals surface area (Å²) in [6.45, 7) is 0.